The fourth-order valence-corrected chi connectivity index (χ4v) is 8.98. The fourth-order valence-electron chi connectivity index (χ4n) is 8.98. The van der Waals surface area contributed by atoms with Crippen LogP contribution in [0.1, 0.15) is 221 Å². The van der Waals surface area contributed by atoms with Gasteiger partial charge in [0.15, 0.2) is 6.10 Å². The van der Waals surface area contributed by atoms with Gasteiger partial charge in [-0.1, -0.05) is 241 Å². The number of carbonyl (C=O) groups is 3. The van der Waals surface area contributed by atoms with Crippen LogP contribution in [-0.4, -0.2) is 52.2 Å². The Balaban J connectivity index is 1.40. The third kappa shape index (κ3) is 21.2. The molecule has 0 amide bonds. The molecule has 0 aliphatic rings. The highest BCUT2D eigenvalue weighted by molar-refractivity contribution is 5.89. The Morgan fingerprint density at radius 2 is 0.841 bits per heavy atom. The second kappa shape index (κ2) is 34.2. The zero-order valence-electron chi connectivity index (χ0n) is 42.2. The van der Waals surface area contributed by atoms with Gasteiger partial charge >= 0.3 is 17.9 Å². The number of carbonyl (C=O) groups excluding carboxylic acids is 3. The normalized spacial score (nSPS) is 11.9. The first-order valence-corrected chi connectivity index (χ1v) is 26.8. The van der Waals surface area contributed by atoms with Crippen LogP contribution in [0.4, 0.5) is 0 Å². The molecule has 0 aliphatic carbocycles. The quantitative estimate of drug-likeness (QED) is 0.0255. The molecule has 380 valence electrons. The van der Waals surface area contributed by atoms with E-state index < -0.39 is 29.4 Å². The van der Waals surface area contributed by atoms with E-state index in [0.717, 1.165) is 49.7 Å². The van der Waals surface area contributed by atoms with E-state index in [2.05, 4.69) is 13.8 Å². The van der Waals surface area contributed by atoms with Gasteiger partial charge in [0, 0.05) is 25.0 Å². The third-order valence-corrected chi connectivity index (χ3v) is 13.0. The molecular weight excluding hydrogens is 867 g/mol. The molecule has 10 nitrogen and oxygen atoms in total. The van der Waals surface area contributed by atoms with E-state index in [-0.39, 0.29) is 37.1 Å². The summed E-state index contributed by atoms with van der Waals surface area (Å²) in [5.74, 6) is -2.33. The molecule has 1 aromatic heterocycles. The second-order valence-electron chi connectivity index (χ2n) is 18.8. The lowest BCUT2D eigenvalue weighted by atomic mass is 9.79. The average Bonchev–Trinajstić information content (AvgIpc) is 3.69. The summed E-state index contributed by atoms with van der Waals surface area (Å²) < 4.78 is 19.6. The van der Waals surface area contributed by atoms with Gasteiger partial charge in [-0.2, -0.15) is 0 Å². The van der Waals surface area contributed by atoms with Crippen LogP contribution in [0.3, 0.4) is 0 Å². The van der Waals surface area contributed by atoms with Gasteiger partial charge in [0.05, 0.1) is 12.2 Å². The molecule has 0 aliphatic heterocycles. The molecule has 2 N–H and O–H groups in total. The van der Waals surface area contributed by atoms with Crippen molar-refractivity contribution in [1.82, 2.24) is 4.73 Å². The highest BCUT2D eigenvalue weighted by Gasteiger charge is 2.39. The lowest BCUT2D eigenvalue weighted by molar-refractivity contribution is -0.165. The number of hydrogen-bond acceptors (Lipinski definition) is 9. The first kappa shape index (κ1) is 56.5. The molecule has 0 saturated heterocycles. The highest BCUT2D eigenvalue weighted by atomic mass is 16.7. The van der Waals surface area contributed by atoms with E-state index in [1.54, 1.807) is 24.3 Å². The summed E-state index contributed by atoms with van der Waals surface area (Å²) in [5.41, 5.74) is 1.13. The van der Waals surface area contributed by atoms with Crippen LogP contribution in [-0.2, 0) is 29.4 Å². The van der Waals surface area contributed by atoms with Crippen LogP contribution in [0.25, 0.3) is 0 Å². The van der Waals surface area contributed by atoms with Crippen molar-refractivity contribution in [2.24, 2.45) is 0 Å². The molecule has 3 aromatic carbocycles. The Morgan fingerprint density at radius 3 is 1.26 bits per heavy atom. The zero-order chi connectivity index (χ0) is 49.2. The standard InChI is InChI=1S/C59H85NO9/c1-3-5-7-9-11-13-15-17-19-21-23-25-33-39-56(63)66-47-53(68-57(64)40-34-26-24-22-20-18-16-14-12-10-8-6-4-2)48-67-59(50-35-29-27-30-36-50,51-37-31-28-32-38-51)52-43-41-49(42-44-52)58(65)69-60-54(61)45-46-55(60)62/h27-32,35-38,41-46,53,61-62H,3-26,33-34,39-40,47-48H2,1-2H3. The summed E-state index contributed by atoms with van der Waals surface area (Å²) in [7, 11) is 0. The maximum atomic E-state index is 13.5. The molecule has 1 unspecified atom stereocenters. The topological polar surface area (TPSA) is 134 Å². The van der Waals surface area contributed by atoms with E-state index in [9.17, 15) is 24.6 Å². The van der Waals surface area contributed by atoms with Crippen molar-refractivity contribution in [3.8, 4) is 11.8 Å². The lowest BCUT2D eigenvalue weighted by Gasteiger charge is -2.37. The van der Waals surface area contributed by atoms with Gasteiger partial charge in [-0.05, 0) is 41.7 Å². The van der Waals surface area contributed by atoms with Gasteiger partial charge in [-0.3, -0.25) is 9.59 Å². The minimum absolute atomic E-state index is 0.101. The summed E-state index contributed by atoms with van der Waals surface area (Å²) in [5, 5.41) is 20.1. The zero-order valence-corrected chi connectivity index (χ0v) is 42.2. The van der Waals surface area contributed by atoms with Crippen molar-refractivity contribution in [3.05, 3.63) is 119 Å². The molecule has 4 aromatic rings. The van der Waals surface area contributed by atoms with Gasteiger partial charge in [0.2, 0.25) is 11.8 Å². The predicted octanol–water partition coefficient (Wildman–Crippen LogP) is 14.9. The molecule has 0 saturated carbocycles. The summed E-state index contributed by atoms with van der Waals surface area (Å²) in [6.07, 6.45) is 31.2. The number of ether oxygens (including phenoxy) is 3. The first-order chi connectivity index (χ1) is 33.8. The summed E-state index contributed by atoms with van der Waals surface area (Å²) in [6.45, 7) is 4.26. The largest absolute Gasteiger partial charge is 0.492 e. The molecule has 0 bridgehead atoms. The molecule has 10 heteroatoms. The fraction of sp³-hybridized carbons (Fsp3) is 0.576. The molecule has 0 fully saturated rings. The number of benzene rings is 3. The van der Waals surface area contributed by atoms with Crippen molar-refractivity contribution >= 4 is 17.9 Å². The number of unbranched alkanes of at least 4 members (excludes halogenated alkanes) is 24. The summed E-state index contributed by atoms with van der Waals surface area (Å²) in [6, 6.07) is 28.5. The number of hydrogen-bond donors (Lipinski definition) is 2. The average molecular weight is 952 g/mol. The van der Waals surface area contributed by atoms with Crippen LogP contribution in [0.2, 0.25) is 0 Å². The van der Waals surface area contributed by atoms with Gasteiger partial charge in [0.25, 0.3) is 0 Å². The van der Waals surface area contributed by atoms with Gasteiger partial charge < -0.3 is 29.3 Å². The lowest BCUT2D eigenvalue weighted by Crippen LogP contribution is -2.38. The molecular formula is C59H85NO9. The maximum Gasteiger partial charge on any atom is 0.363 e. The number of rotatable bonds is 39. The maximum absolute atomic E-state index is 13.5. The molecule has 1 heterocycles. The number of nitrogens with zero attached hydrogens (tertiary/aromatic N) is 1. The van der Waals surface area contributed by atoms with Crippen LogP contribution in [0.15, 0.2) is 97.1 Å². The number of esters is 2. The van der Waals surface area contributed by atoms with Crippen molar-refractivity contribution in [2.45, 2.75) is 205 Å². The Hall–Kier alpha value is -5.09. The summed E-state index contributed by atoms with van der Waals surface area (Å²) in [4.78, 5) is 45.1. The van der Waals surface area contributed by atoms with Gasteiger partial charge in [-0.15, -0.1) is 4.73 Å². The molecule has 69 heavy (non-hydrogen) atoms. The van der Waals surface area contributed by atoms with Crippen LogP contribution < -0.4 is 4.84 Å². The van der Waals surface area contributed by atoms with Crippen molar-refractivity contribution in [2.75, 3.05) is 13.2 Å². The molecule has 0 spiro atoms. The van der Waals surface area contributed by atoms with Crippen LogP contribution >= 0.6 is 0 Å². The van der Waals surface area contributed by atoms with Crippen molar-refractivity contribution in [3.63, 3.8) is 0 Å². The third-order valence-electron chi connectivity index (χ3n) is 13.0. The van der Waals surface area contributed by atoms with Crippen LogP contribution in [0, 0.1) is 0 Å². The van der Waals surface area contributed by atoms with Crippen molar-refractivity contribution in [1.29, 1.82) is 0 Å². The number of aromatic hydroxyl groups is 2. The van der Waals surface area contributed by atoms with Crippen molar-refractivity contribution < 1.29 is 43.6 Å². The Bertz CT molecular complexity index is 1900. The van der Waals surface area contributed by atoms with E-state index >= 15 is 0 Å². The Labute approximate surface area is 414 Å². The van der Waals surface area contributed by atoms with E-state index in [1.165, 1.54) is 141 Å². The highest BCUT2D eigenvalue weighted by Crippen LogP contribution is 2.41. The Morgan fingerprint density at radius 1 is 0.464 bits per heavy atom. The SMILES string of the molecule is CCCCCCCCCCCCCCCC(=O)OCC(COC(c1ccccc1)(c1ccccc1)c1ccc(C(=O)On2c(O)ccc2O)cc1)OC(=O)CCCCCCCCCCCCCCC. The van der Waals surface area contributed by atoms with Crippen LogP contribution in [0.5, 0.6) is 11.8 Å². The van der Waals surface area contributed by atoms with E-state index in [0.29, 0.717) is 16.7 Å². The first-order valence-electron chi connectivity index (χ1n) is 26.8. The van der Waals surface area contributed by atoms with Gasteiger partial charge in [-0.25, -0.2) is 4.79 Å². The smallest absolute Gasteiger partial charge is 0.363 e. The van der Waals surface area contributed by atoms with Gasteiger partial charge in [0.1, 0.15) is 12.2 Å². The minimum atomic E-state index is -1.26. The molecule has 0 radical (unpaired) electrons. The molecule has 1 atom stereocenters. The summed E-state index contributed by atoms with van der Waals surface area (Å²) >= 11 is 0. The predicted molar refractivity (Wildman–Crippen MR) is 275 cm³/mol. The monoisotopic (exact) mass is 952 g/mol. The molecule has 4 rings (SSSR count). The van der Waals surface area contributed by atoms with E-state index in [1.807, 2.05) is 60.7 Å². The van der Waals surface area contributed by atoms with E-state index in [4.69, 9.17) is 19.0 Å². The Kier molecular flexibility index (Phi) is 28.0. The second-order valence-corrected chi connectivity index (χ2v) is 18.8. The minimum Gasteiger partial charge on any atom is -0.492 e. The number of aromatic nitrogens is 1.